The van der Waals surface area contributed by atoms with Crippen molar-refractivity contribution in [2.45, 2.75) is 25.9 Å². The fourth-order valence-electron chi connectivity index (χ4n) is 4.69. The molecule has 198 valence electrons. The number of carbonyl (C=O) groups excluding carboxylic acids is 1. The molecule has 1 amide bonds. The van der Waals surface area contributed by atoms with E-state index in [1.54, 1.807) is 12.1 Å². The number of nitriles is 1. The number of nitrogens with zero attached hydrogens (tertiary/aromatic N) is 6. The lowest BCUT2D eigenvalue weighted by molar-refractivity contribution is 0.0989. The first-order valence-electron chi connectivity index (χ1n) is 11.8. The minimum atomic E-state index is -0.884. The maximum atomic E-state index is 14.9. The zero-order chi connectivity index (χ0) is 28.0. The maximum Gasteiger partial charge on any atom is 0.319 e. The number of hydrogen-bond acceptors (Lipinski definition) is 7. The molecule has 0 spiro atoms. The number of amides is 1. The molecule has 4 aromatic rings. The van der Waals surface area contributed by atoms with Crippen LogP contribution in [0.5, 0.6) is 11.9 Å². The van der Waals surface area contributed by atoms with Gasteiger partial charge in [-0.05, 0) is 49.7 Å². The predicted molar refractivity (Wildman–Crippen MR) is 138 cm³/mol. The van der Waals surface area contributed by atoms with Crippen LogP contribution >= 0.6 is 11.6 Å². The van der Waals surface area contributed by atoms with Crippen LogP contribution in [0.4, 0.5) is 14.5 Å². The van der Waals surface area contributed by atoms with Crippen molar-refractivity contribution in [1.82, 2.24) is 19.5 Å². The second-order valence-corrected chi connectivity index (χ2v) is 9.35. The first-order valence-corrected chi connectivity index (χ1v) is 12.1. The van der Waals surface area contributed by atoms with Gasteiger partial charge >= 0.3 is 6.01 Å². The van der Waals surface area contributed by atoms with Gasteiger partial charge in [-0.15, -0.1) is 0 Å². The van der Waals surface area contributed by atoms with Gasteiger partial charge in [-0.1, -0.05) is 17.7 Å². The van der Waals surface area contributed by atoms with Crippen molar-refractivity contribution in [2.75, 3.05) is 19.1 Å². The van der Waals surface area contributed by atoms with Crippen molar-refractivity contribution in [3.8, 4) is 29.3 Å². The highest BCUT2D eigenvalue weighted by Crippen LogP contribution is 2.46. The number of fused-ring (bicyclic) bond motifs is 1. The Morgan fingerprint density at radius 3 is 2.46 bits per heavy atom. The molecule has 1 atom stereocenters. The number of aromatic nitrogens is 4. The third-order valence-corrected chi connectivity index (χ3v) is 6.65. The van der Waals surface area contributed by atoms with Crippen molar-refractivity contribution in [3.05, 3.63) is 81.8 Å². The van der Waals surface area contributed by atoms with Crippen LogP contribution in [0.3, 0.4) is 0 Å². The molecule has 9 nitrogen and oxygen atoms in total. The molecular formula is C27H21ClF2N6O3. The van der Waals surface area contributed by atoms with Crippen LogP contribution in [0.15, 0.2) is 42.6 Å². The number of hydrogen-bond donors (Lipinski definition) is 0. The van der Waals surface area contributed by atoms with Gasteiger partial charge in [-0.2, -0.15) is 10.2 Å². The second-order valence-electron chi connectivity index (χ2n) is 8.94. The standard InChI is InChI=1S/C27H21ClF2N6O3/c1-13(2)35-23-21(33-24(35)17-12-32-27(39-4)34-25(17)38-3)26(37)36(16-7-8-19(29)18(28)10-16)22(23)14-5-6-15(11-31)20(30)9-14/h5-10,12-13,22H,1-4H3/t22-/m1/s1. The Balaban J connectivity index is 1.79. The average molecular weight is 551 g/mol. The van der Waals surface area contributed by atoms with Crippen molar-refractivity contribution in [3.63, 3.8) is 0 Å². The van der Waals surface area contributed by atoms with E-state index in [2.05, 4.69) is 9.97 Å². The molecule has 2 aromatic heterocycles. The Hall–Kier alpha value is -4.56. The number of rotatable bonds is 6. The van der Waals surface area contributed by atoms with Crippen LogP contribution in [0.1, 0.15) is 53.2 Å². The molecule has 1 aliphatic rings. The molecule has 0 unspecified atom stereocenters. The summed E-state index contributed by atoms with van der Waals surface area (Å²) in [4.78, 5) is 28.4. The summed E-state index contributed by atoms with van der Waals surface area (Å²) in [5.74, 6) is -1.35. The van der Waals surface area contributed by atoms with Crippen molar-refractivity contribution in [1.29, 1.82) is 5.26 Å². The summed E-state index contributed by atoms with van der Waals surface area (Å²) in [7, 11) is 2.86. The highest BCUT2D eigenvalue weighted by Gasteiger charge is 2.45. The smallest absolute Gasteiger partial charge is 0.319 e. The van der Waals surface area contributed by atoms with E-state index in [-0.39, 0.29) is 34.2 Å². The van der Waals surface area contributed by atoms with Gasteiger partial charge in [0.2, 0.25) is 5.88 Å². The topological polar surface area (TPSA) is 106 Å². The van der Waals surface area contributed by atoms with Gasteiger partial charge in [0.1, 0.15) is 29.6 Å². The molecule has 1 aliphatic heterocycles. The van der Waals surface area contributed by atoms with Gasteiger partial charge in [0.05, 0.1) is 36.1 Å². The zero-order valence-corrected chi connectivity index (χ0v) is 22.0. The van der Waals surface area contributed by atoms with E-state index >= 15 is 0 Å². The van der Waals surface area contributed by atoms with Crippen LogP contribution in [0, 0.1) is 23.0 Å². The van der Waals surface area contributed by atoms with Crippen LogP contribution in [-0.4, -0.2) is 39.6 Å². The van der Waals surface area contributed by atoms with E-state index in [1.165, 1.54) is 49.6 Å². The third-order valence-electron chi connectivity index (χ3n) is 6.36. The largest absolute Gasteiger partial charge is 0.480 e. The average Bonchev–Trinajstić information content (AvgIpc) is 3.44. The Bertz CT molecular complexity index is 1670. The summed E-state index contributed by atoms with van der Waals surface area (Å²) < 4.78 is 41.3. The monoisotopic (exact) mass is 550 g/mol. The van der Waals surface area contributed by atoms with E-state index < -0.39 is 23.6 Å². The summed E-state index contributed by atoms with van der Waals surface area (Å²) in [5, 5.41) is 9.06. The van der Waals surface area contributed by atoms with E-state index in [0.717, 1.165) is 6.07 Å². The summed E-state index contributed by atoms with van der Waals surface area (Å²) >= 11 is 6.06. The fourth-order valence-corrected chi connectivity index (χ4v) is 4.86. The molecule has 39 heavy (non-hydrogen) atoms. The summed E-state index contributed by atoms with van der Waals surface area (Å²) in [6, 6.07) is 8.79. The summed E-state index contributed by atoms with van der Waals surface area (Å²) in [5.41, 5.74) is 1.51. The van der Waals surface area contributed by atoms with E-state index in [9.17, 15) is 18.8 Å². The molecular weight excluding hydrogens is 530 g/mol. The Kier molecular flexibility index (Phi) is 6.66. The predicted octanol–water partition coefficient (Wildman–Crippen LogP) is 5.49. The second kappa shape index (κ2) is 9.96. The minimum Gasteiger partial charge on any atom is -0.480 e. The number of halogens is 3. The van der Waals surface area contributed by atoms with Crippen LogP contribution in [0.2, 0.25) is 5.02 Å². The fraction of sp³-hybridized carbons (Fsp3) is 0.222. The Morgan fingerprint density at radius 2 is 1.85 bits per heavy atom. The molecule has 3 heterocycles. The molecule has 0 N–H and O–H groups in total. The van der Waals surface area contributed by atoms with Crippen molar-refractivity contribution < 1.29 is 23.0 Å². The number of carbonyl (C=O) groups is 1. The first-order chi connectivity index (χ1) is 18.7. The normalized spacial score (nSPS) is 14.5. The number of anilines is 1. The number of benzene rings is 2. The number of imidazole rings is 1. The molecule has 0 saturated carbocycles. The lowest BCUT2D eigenvalue weighted by Gasteiger charge is -2.28. The van der Waals surface area contributed by atoms with Gasteiger partial charge in [-0.3, -0.25) is 9.69 Å². The van der Waals surface area contributed by atoms with Crippen LogP contribution in [-0.2, 0) is 0 Å². The number of methoxy groups -OCH3 is 2. The molecule has 0 saturated heterocycles. The SMILES string of the molecule is COc1ncc(-c2nc3c(n2C(C)C)[C@@H](c2ccc(C#N)c(F)c2)N(c2ccc(F)c(Cl)c2)C3=O)c(OC)n1. The molecule has 0 aliphatic carbocycles. The molecule has 0 bridgehead atoms. The molecule has 0 radical (unpaired) electrons. The Labute approximate surface area is 227 Å². The van der Waals surface area contributed by atoms with Gasteiger partial charge < -0.3 is 14.0 Å². The first kappa shape index (κ1) is 26.1. The van der Waals surface area contributed by atoms with Gasteiger partial charge in [-0.25, -0.2) is 18.7 Å². The lowest BCUT2D eigenvalue weighted by atomic mass is 10.0. The van der Waals surface area contributed by atoms with Crippen LogP contribution in [0.25, 0.3) is 11.4 Å². The van der Waals surface area contributed by atoms with Crippen molar-refractivity contribution >= 4 is 23.2 Å². The quantitative estimate of drug-likeness (QED) is 0.312. The molecule has 12 heteroatoms. The molecule has 5 rings (SSSR count). The van der Waals surface area contributed by atoms with Gasteiger partial charge in [0, 0.05) is 17.9 Å². The van der Waals surface area contributed by atoms with E-state index in [0.29, 0.717) is 28.3 Å². The van der Waals surface area contributed by atoms with E-state index in [1.807, 2.05) is 18.4 Å². The highest BCUT2D eigenvalue weighted by molar-refractivity contribution is 6.31. The zero-order valence-electron chi connectivity index (χ0n) is 21.2. The Morgan fingerprint density at radius 1 is 1.08 bits per heavy atom. The summed E-state index contributed by atoms with van der Waals surface area (Å²) in [6.45, 7) is 3.81. The third kappa shape index (κ3) is 4.23. The molecule has 2 aromatic carbocycles. The van der Waals surface area contributed by atoms with Gasteiger partial charge in [0.15, 0.2) is 5.69 Å². The van der Waals surface area contributed by atoms with Gasteiger partial charge in [0.25, 0.3) is 5.91 Å². The maximum absolute atomic E-state index is 14.9. The number of ether oxygens (including phenoxy) is 2. The lowest BCUT2D eigenvalue weighted by Crippen LogP contribution is -2.30. The summed E-state index contributed by atoms with van der Waals surface area (Å²) in [6.07, 6.45) is 1.49. The van der Waals surface area contributed by atoms with Crippen LogP contribution < -0.4 is 14.4 Å². The van der Waals surface area contributed by atoms with E-state index in [4.69, 9.17) is 26.1 Å². The highest BCUT2D eigenvalue weighted by atomic mass is 35.5. The molecule has 0 fully saturated rings. The minimum absolute atomic E-state index is 0.0900. The van der Waals surface area contributed by atoms with Crippen molar-refractivity contribution in [2.24, 2.45) is 0 Å².